The Morgan fingerprint density at radius 2 is 2.19 bits per heavy atom. The van der Waals surface area contributed by atoms with E-state index in [4.69, 9.17) is 16.0 Å². The highest BCUT2D eigenvalue weighted by molar-refractivity contribution is 6.30. The number of pyridine rings is 1. The minimum atomic E-state index is 0.517. The summed E-state index contributed by atoms with van der Waals surface area (Å²) >= 11 is 5.73. The van der Waals surface area contributed by atoms with Crippen molar-refractivity contribution in [3.8, 4) is 0 Å². The van der Waals surface area contributed by atoms with Crippen molar-refractivity contribution >= 4 is 17.4 Å². The number of oxazole rings is 1. The topological polar surface area (TPSA) is 51.0 Å². The number of hydrogen-bond acceptors (Lipinski definition) is 4. The zero-order valence-electron chi connectivity index (χ0n) is 9.12. The van der Waals surface area contributed by atoms with Crippen LogP contribution in [0.3, 0.4) is 0 Å². The molecule has 0 aliphatic carbocycles. The fourth-order valence-electron chi connectivity index (χ4n) is 1.26. The summed E-state index contributed by atoms with van der Waals surface area (Å²) in [5.74, 6) is 2.26. The van der Waals surface area contributed by atoms with Crippen molar-refractivity contribution in [1.29, 1.82) is 0 Å². The Morgan fingerprint density at radius 3 is 2.75 bits per heavy atom. The van der Waals surface area contributed by atoms with Crippen molar-refractivity contribution in [2.24, 2.45) is 0 Å². The van der Waals surface area contributed by atoms with Gasteiger partial charge in [-0.15, -0.1) is 0 Å². The largest absolute Gasteiger partial charge is 0.444 e. The molecule has 0 aliphatic rings. The maximum atomic E-state index is 5.73. The lowest BCUT2D eigenvalue weighted by Crippen LogP contribution is -2.01. The van der Waals surface area contributed by atoms with Crippen molar-refractivity contribution in [3.05, 3.63) is 40.7 Å². The highest BCUT2D eigenvalue weighted by Crippen LogP contribution is 2.12. The lowest BCUT2D eigenvalue weighted by molar-refractivity contribution is 0.478. The monoisotopic (exact) mass is 237 g/mol. The third-order valence-electron chi connectivity index (χ3n) is 2.22. The second-order valence-electron chi connectivity index (χ2n) is 3.46. The summed E-state index contributed by atoms with van der Waals surface area (Å²) in [6.07, 6.45) is 1.59. The predicted molar refractivity (Wildman–Crippen MR) is 62.6 cm³/mol. The van der Waals surface area contributed by atoms with Gasteiger partial charge in [0, 0.05) is 6.20 Å². The molecule has 0 bridgehead atoms. The molecule has 0 radical (unpaired) electrons. The number of rotatable bonds is 3. The van der Waals surface area contributed by atoms with Crippen LogP contribution >= 0.6 is 11.6 Å². The maximum absolute atomic E-state index is 5.73. The van der Waals surface area contributed by atoms with Crippen LogP contribution in [0, 0.1) is 13.8 Å². The van der Waals surface area contributed by atoms with Crippen LogP contribution in [0.25, 0.3) is 0 Å². The Bertz CT molecular complexity index is 459. The molecule has 0 saturated carbocycles. The molecule has 16 heavy (non-hydrogen) atoms. The standard InChI is InChI=1S/C11H12ClN3O/c1-7-8(2)16-11(15-7)6-14-10-4-3-9(12)5-13-10/h3-5H,6H2,1-2H3,(H,13,14). The van der Waals surface area contributed by atoms with Gasteiger partial charge in [0.2, 0.25) is 5.89 Å². The molecule has 4 nitrogen and oxygen atoms in total. The molecule has 0 atom stereocenters. The molecular weight excluding hydrogens is 226 g/mol. The van der Waals surface area contributed by atoms with E-state index in [1.54, 1.807) is 12.3 Å². The Morgan fingerprint density at radius 1 is 1.38 bits per heavy atom. The van der Waals surface area contributed by atoms with E-state index in [-0.39, 0.29) is 0 Å². The molecule has 2 aromatic heterocycles. The fourth-order valence-corrected chi connectivity index (χ4v) is 1.37. The van der Waals surface area contributed by atoms with Gasteiger partial charge in [0.1, 0.15) is 11.6 Å². The number of anilines is 1. The summed E-state index contributed by atoms with van der Waals surface area (Å²) in [6, 6.07) is 3.59. The lowest BCUT2D eigenvalue weighted by Gasteiger charge is -2.01. The fraction of sp³-hybridized carbons (Fsp3) is 0.273. The molecule has 0 aromatic carbocycles. The van der Waals surface area contributed by atoms with Crippen LogP contribution < -0.4 is 5.32 Å². The third-order valence-corrected chi connectivity index (χ3v) is 2.44. The van der Waals surface area contributed by atoms with Crippen LogP contribution in [-0.4, -0.2) is 9.97 Å². The third kappa shape index (κ3) is 2.52. The molecule has 0 saturated heterocycles. The lowest BCUT2D eigenvalue weighted by atomic mass is 10.4. The highest BCUT2D eigenvalue weighted by Gasteiger charge is 2.04. The molecule has 0 amide bonds. The van der Waals surface area contributed by atoms with E-state index in [0.29, 0.717) is 17.5 Å². The Balaban J connectivity index is 1.99. The quantitative estimate of drug-likeness (QED) is 0.892. The number of hydrogen-bond donors (Lipinski definition) is 1. The van der Waals surface area contributed by atoms with Gasteiger partial charge in [-0.2, -0.15) is 0 Å². The van der Waals surface area contributed by atoms with E-state index in [0.717, 1.165) is 17.3 Å². The second-order valence-corrected chi connectivity index (χ2v) is 3.90. The Labute approximate surface area is 98.7 Å². The van der Waals surface area contributed by atoms with Crippen LogP contribution in [0.5, 0.6) is 0 Å². The summed E-state index contributed by atoms with van der Waals surface area (Å²) in [4.78, 5) is 8.37. The van der Waals surface area contributed by atoms with E-state index in [1.807, 2.05) is 19.9 Å². The molecule has 0 unspecified atom stereocenters. The van der Waals surface area contributed by atoms with Gasteiger partial charge in [-0.1, -0.05) is 11.6 Å². The van der Waals surface area contributed by atoms with Crippen molar-refractivity contribution < 1.29 is 4.42 Å². The van der Waals surface area contributed by atoms with Gasteiger partial charge < -0.3 is 9.73 Å². The van der Waals surface area contributed by atoms with Crippen LogP contribution in [0.1, 0.15) is 17.3 Å². The van der Waals surface area contributed by atoms with Gasteiger partial charge >= 0.3 is 0 Å². The molecular formula is C11H12ClN3O. The summed E-state index contributed by atoms with van der Waals surface area (Å²) in [7, 11) is 0. The van der Waals surface area contributed by atoms with E-state index in [1.165, 1.54) is 0 Å². The van der Waals surface area contributed by atoms with Crippen LogP contribution in [0.4, 0.5) is 5.82 Å². The predicted octanol–water partition coefficient (Wildman–Crippen LogP) is 2.95. The zero-order valence-corrected chi connectivity index (χ0v) is 9.88. The molecule has 84 valence electrons. The smallest absolute Gasteiger partial charge is 0.213 e. The van der Waals surface area contributed by atoms with Crippen molar-refractivity contribution in [3.63, 3.8) is 0 Å². The van der Waals surface area contributed by atoms with E-state index < -0.39 is 0 Å². The van der Waals surface area contributed by atoms with E-state index >= 15 is 0 Å². The highest BCUT2D eigenvalue weighted by atomic mass is 35.5. The normalized spacial score (nSPS) is 10.4. The van der Waals surface area contributed by atoms with Crippen molar-refractivity contribution in [2.45, 2.75) is 20.4 Å². The number of nitrogens with one attached hydrogen (secondary N) is 1. The number of aryl methyl sites for hydroxylation is 2. The average molecular weight is 238 g/mol. The minimum Gasteiger partial charge on any atom is -0.444 e. The summed E-state index contributed by atoms with van der Waals surface area (Å²) in [5, 5.41) is 3.72. The second kappa shape index (κ2) is 4.53. The first-order chi connectivity index (χ1) is 7.65. The molecule has 0 fully saturated rings. The van der Waals surface area contributed by atoms with Gasteiger partial charge in [-0.3, -0.25) is 0 Å². The molecule has 2 heterocycles. The van der Waals surface area contributed by atoms with Gasteiger partial charge in [0.25, 0.3) is 0 Å². The van der Waals surface area contributed by atoms with Gasteiger partial charge in [0.15, 0.2) is 0 Å². The van der Waals surface area contributed by atoms with E-state index in [2.05, 4.69) is 15.3 Å². The van der Waals surface area contributed by atoms with Crippen LogP contribution in [-0.2, 0) is 6.54 Å². The Kier molecular flexibility index (Phi) is 3.10. The summed E-state index contributed by atoms with van der Waals surface area (Å²) < 4.78 is 5.43. The maximum Gasteiger partial charge on any atom is 0.213 e. The van der Waals surface area contributed by atoms with Gasteiger partial charge in [-0.25, -0.2) is 9.97 Å². The summed E-state index contributed by atoms with van der Waals surface area (Å²) in [6.45, 7) is 4.33. The van der Waals surface area contributed by atoms with E-state index in [9.17, 15) is 0 Å². The molecule has 2 rings (SSSR count). The molecule has 1 N–H and O–H groups in total. The molecule has 2 aromatic rings. The first-order valence-corrected chi connectivity index (χ1v) is 5.31. The molecule has 0 spiro atoms. The van der Waals surface area contributed by atoms with Gasteiger partial charge in [-0.05, 0) is 26.0 Å². The molecule has 0 aliphatic heterocycles. The Hall–Kier alpha value is -1.55. The number of halogens is 1. The van der Waals surface area contributed by atoms with Crippen molar-refractivity contribution in [2.75, 3.05) is 5.32 Å². The molecule has 5 heteroatoms. The van der Waals surface area contributed by atoms with Crippen molar-refractivity contribution in [1.82, 2.24) is 9.97 Å². The zero-order chi connectivity index (χ0) is 11.5. The van der Waals surface area contributed by atoms with Crippen LogP contribution in [0.2, 0.25) is 5.02 Å². The SMILES string of the molecule is Cc1nc(CNc2ccc(Cl)cn2)oc1C. The number of nitrogens with zero attached hydrogens (tertiary/aromatic N) is 2. The number of aromatic nitrogens is 2. The summed E-state index contributed by atoms with van der Waals surface area (Å²) in [5.41, 5.74) is 0.917. The first kappa shape index (κ1) is 11.0. The van der Waals surface area contributed by atoms with Crippen LogP contribution in [0.15, 0.2) is 22.7 Å². The van der Waals surface area contributed by atoms with Gasteiger partial charge in [0.05, 0.1) is 17.3 Å². The minimum absolute atomic E-state index is 0.517. The first-order valence-electron chi connectivity index (χ1n) is 4.93. The average Bonchev–Trinajstić information content (AvgIpc) is 2.58.